The smallest absolute Gasteiger partial charge is 0.405 e. The van der Waals surface area contributed by atoms with E-state index in [0.29, 0.717) is 5.92 Å². The summed E-state index contributed by atoms with van der Waals surface area (Å²) < 4.78 is 0. The summed E-state index contributed by atoms with van der Waals surface area (Å²) in [6, 6.07) is 9.94. The Kier molecular flexibility index (Phi) is 6.56. The standard InChI is InChI=1S/C17H27NO2/c1-4-6-11-14(10-5-2)17(3,18-16(19)20)15-12-8-7-9-13-15/h7-9,12-14,18H,4-6,10-11H2,1-3H3,(H,19,20). The van der Waals surface area contributed by atoms with Crippen LogP contribution in [0.25, 0.3) is 0 Å². The van der Waals surface area contributed by atoms with E-state index in [0.717, 1.165) is 37.7 Å². The van der Waals surface area contributed by atoms with Gasteiger partial charge in [-0.15, -0.1) is 0 Å². The van der Waals surface area contributed by atoms with Gasteiger partial charge in [0, 0.05) is 0 Å². The molecule has 2 N–H and O–H groups in total. The molecule has 0 aromatic heterocycles. The van der Waals surface area contributed by atoms with Crippen molar-refractivity contribution in [3.8, 4) is 0 Å². The normalized spacial score (nSPS) is 15.3. The lowest BCUT2D eigenvalue weighted by atomic mass is 9.75. The summed E-state index contributed by atoms with van der Waals surface area (Å²) in [6.45, 7) is 6.35. The molecule has 1 amide bonds. The molecule has 2 unspecified atom stereocenters. The molecule has 1 aromatic rings. The van der Waals surface area contributed by atoms with Gasteiger partial charge in [0.05, 0.1) is 5.54 Å². The van der Waals surface area contributed by atoms with Gasteiger partial charge in [0.15, 0.2) is 0 Å². The highest BCUT2D eigenvalue weighted by molar-refractivity contribution is 5.66. The third-order valence-corrected chi connectivity index (χ3v) is 4.10. The van der Waals surface area contributed by atoms with Crippen molar-refractivity contribution in [2.24, 2.45) is 5.92 Å². The lowest BCUT2D eigenvalue weighted by molar-refractivity contribution is 0.152. The lowest BCUT2D eigenvalue weighted by Crippen LogP contribution is -2.48. The Morgan fingerprint density at radius 2 is 1.85 bits per heavy atom. The predicted molar refractivity (Wildman–Crippen MR) is 82.9 cm³/mol. The van der Waals surface area contributed by atoms with Crippen LogP contribution in [-0.2, 0) is 5.54 Å². The third kappa shape index (κ3) is 4.26. The molecule has 1 rings (SSSR count). The molecule has 3 heteroatoms. The minimum atomic E-state index is -0.950. The molecule has 0 aliphatic carbocycles. The molecule has 0 aliphatic heterocycles. The SMILES string of the molecule is CCCCC(CCC)C(C)(NC(=O)O)c1ccccc1. The number of rotatable bonds is 8. The van der Waals surface area contributed by atoms with Crippen molar-refractivity contribution in [1.29, 1.82) is 0 Å². The fourth-order valence-electron chi connectivity index (χ4n) is 2.94. The largest absolute Gasteiger partial charge is 0.465 e. The van der Waals surface area contributed by atoms with Gasteiger partial charge in [0.1, 0.15) is 0 Å². The van der Waals surface area contributed by atoms with Crippen LogP contribution in [0.15, 0.2) is 30.3 Å². The van der Waals surface area contributed by atoms with Crippen LogP contribution in [0, 0.1) is 5.92 Å². The maximum atomic E-state index is 11.3. The second kappa shape index (κ2) is 7.93. The Labute approximate surface area is 122 Å². The van der Waals surface area contributed by atoms with Crippen molar-refractivity contribution in [3.63, 3.8) is 0 Å². The van der Waals surface area contributed by atoms with Crippen LogP contribution in [0.4, 0.5) is 4.79 Å². The van der Waals surface area contributed by atoms with Gasteiger partial charge in [-0.2, -0.15) is 0 Å². The number of benzene rings is 1. The fourth-order valence-corrected chi connectivity index (χ4v) is 2.94. The van der Waals surface area contributed by atoms with E-state index in [1.54, 1.807) is 0 Å². The monoisotopic (exact) mass is 277 g/mol. The van der Waals surface area contributed by atoms with Crippen LogP contribution in [0.3, 0.4) is 0 Å². The molecule has 0 saturated carbocycles. The number of hydrogen-bond acceptors (Lipinski definition) is 1. The van der Waals surface area contributed by atoms with Crippen molar-refractivity contribution in [1.82, 2.24) is 5.32 Å². The fraction of sp³-hybridized carbons (Fsp3) is 0.588. The number of carbonyl (C=O) groups is 1. The van der Waals surface area contributed by atoms with Crippen LogP contribution in [0.5, 0.6) is 0 Å². The maximum absolute atomic E-state index is 11.3. The van der Waals surface area contributed by atoms with Crippen molar-refractivity contribution >= 4 is 6.09 Å². The summed E-state index contributed by atoms with van der Waals surface area (Å²) in [5, 5.41) is 12.0. The van der Waals surface area contributed by atoms with Crippen molar-refractivity contribution in [3.05, 3.63) is 35.9 Å². The quantitative estimate of drug-likeness (QED) is 0.718. The highest BCUT2D eigenvalue weighted by Gasteiger charge is 2.36. The van der Waals surface area contributed by atoms with E-state index in [4.69, 9.17) is 0 Å². The van der Waals surface area contributed by atoms with Crippen LogP contribution >= 0.6 is 0 Å². The molecule has 112 valence electrons. The first-order valence-corrected chi connectivity index (χ1v) is 7.61. The van der Waals surface area contributed by atoms with Gasteiger partial charge in [0.2, 0.25) is 0 Å². The molecule has 3 nitrogen and oxygen atoms in total. The molecule has 20 heavy (non-hydrogen) atoms. The number of amides is 1. The van der Waals surface area contributed by atoms with Gasteiger partial charge in [-0.3, -0.25) is 0 Å². The van der Waals surface area contributed by atoms with Crippen LogP contribution in [0.2, 0.25) is 0 Å². The Bertz CT molecular complexity index is 405. The maximum Gasteiger partial charge on any atom is 0.405 e. The van der Waals surface area contributed by atoms with Crippen LogP contribution in [-0.4, -0.2) is 11.2 Å². The zero-order valence-corrected chi connectivity index (χ0v) is 12.9. The second-order valence-corrected chi connectivity index (χ2v) is 5.63. The van der Waals surface area contributed by atoms with Gasteiger partial charge in [-0.25, -0.2) is 4.79 Å². The summed E-state index contributed by atoms with van der Waals surface area (Å²) in [4.78, 5) is 11.3. The molecule has 0 saturated heterocycles. The van der Waals surface area contributed by atoms with Gasteiger partial charge in [-0.1, -0.05) is 63.4 Å². The predicted octanol–water partition coefficient (Wildman–Crippen LogP) is 4.78. The van der Waals surface area contributed by atoms with Gasteiger partial charge in [0.25, 0.3) is 0 Å². The van der Waals surface area contributed by atoms with E-state index in [1.165, 1.54) is 0 Å². The Morgan fingerprint density at radius 3 is 2.35 bits per heavy atom. The molecule has 2 atom stereocenters. The molecular formula is C17H27NO2. The Balaban J connectivity index is 3.09. The zero-order chi connectivity index (χ0) is 15.0. The van der Waals surface area contributed by atoms with E-state index in [2.05, 4.69) is 19.2 Å². The molecular weight excluding hydrogens is 250 g/mol. The topological polar surface area (TPSA) is 49.3 Å². The summed E-state index contributed by atoms with van der Waals surface area (Å²) in [6.07, 6.45) is 4.47. The summed E-state index contributed by atoms with van der Waals surface area (Å²) >= 11 is 0. The number of carboxylic acid groups (broad SMARTS) is 1. The van der Waals surface area contributed by atoms with Gasteiger partial charge >= 0.3 is 6.09 Å². The molecule has 0 spiro atoms. The van der Waals surface area contributed by atoms with E-state index < -0.39 is 11.6 Å². The molecule has 0 aliphatic rings. The molecule has 0 heterocycles. The van der Waals surface area contributed by atoms with Crippen LogP contribution < -0.4 is 5.32 Å². The molecule has 0 fully saturated rings. The van der Waals surface area contributed by atoms with E-state index in [-0.39, 0.29) is 0 Å². The number of hydrogen-bond donors (Lipinski definition) is 2. The van der Waals surface area contributed by atoms with Crippen molar-refractivity contribution < 1.29 is 9.90 Å². The highest BCUT2D eigenvalue weighted by atomic mass is 16.4. The average Bonchev–Trinajstić information content (AvgIpc) is 2.43. The zero-order valence-electron chi connectivity index (χ0n) is 12.9. The molecule has 1 aromatic carbocycles. The molecule has 0 bridgehead atoms. The molecule has 0 radical (unpaired) electrons. The summed E-state index contributed by atoms with van der Waals surface area (Å²) in [7, 11) is 0. The third-order valence-electron chi connectivity index (χ3n) is 4.10. The minimum Gasteiger partial charge on any atom is -0.465 e. The first-order chi connectivity index (χ1) is 9.54. The van der Waals surface area contributed by atoms with Gasteiger partial charge < -0.3 is 10.4 Å². The number of unbranched alkanes of at least 4 members (excludes halogenated alkanes) is 1. The van der Waals surface area contributed by atoms with Crippen molar-refractivity contribution in [2.75, 3.05) is 0 Å². The first-order valence-electron chi connectivity index (χ1n) is 7.61. The lowest BCUT2D eigenvalue weighted by Gasteiger charge is -2.38. The summed E-state index contributed by atoms with van der Waals surface area (Å²) in [5.41, 5.74) is 0.537. The highest BCUT2D eigenvalue weighted by Crippen LogP contribution is 2.36. The Morgan fingerprint density at radius 1 is 1.20 bits per heavy atom. The first kappa shape index (κ1) is 16.5. The Hall–Kier alpha value is -1.51. The average molecular weight is 277 g/mol. The minimum absolute atomic E-state index is 0.325. The van der Waals surface area contributed by atoms with Gasteiger partial charge in [-0.05, 0) is 31.2 Å². The van der Waals surface area contributed by atoms with E-state index in [9.17, 15) is 9.90 Å². The van der Waals surface area contributed by atoms with E-state index in [1.807, 2.05) is 37.3 Å². The number of nitrogens with one attached hydrogen (secondary N) is 1. The van der Waals surface area contributed by atoms with Crippen molar-refractivity contribution in [2.45, 2.75) is 58.4 Å². The second-order valence-electron chi connectivity index (χ2n) is 5.63. The van der Waals surface area contributed by atoms with Crippen LogP contribution in [0.1, 0.15) is 58.4 Å². The van der Waals surface area contributed by atoms with E-state index >= 15 is 0 Å². The summed E-state index contributed by atoms with van der Waals surface area (Å²) in [5.74, 6) is 0.325.